The molecule has 18 heavy (non-hydrogen) atoms. The first-order valence-corrected chi connectivity index (χ1v) is 5.72. The molecule has 90 valence electrons. The summed E-state index contributed by atoms with van der Waals surface area (Å²) in [7, 11) is 0. The average Bonchev–Trinajstić information content (AvgIpc) is 2.45. The molecule has 2 rings (SSSR count). The van der Waals surface area contributed by atoms with Crippen LogP contribution in [0.3, 0.4) is 0 Å². The van der Waals surface area contributed by atoms with Gasteiger partial charge < -0.3 is 10.1 Å². The molecule has 0 aliphatic heterocycles. The van der Waals surface area contributed by atoms with Crippen molar-refractivity contribution >= 4 is 5.69 Å². The lowest BCUT2D eigenvalue weighted by Gasteiger charge is -2.07. The normalized spacial score (nSPS) is 9.50. The molecule has 0 heterocycles. The first-order valence-electron chi connectivity index (χ1n) is 5.72. The summed E-state index contributed by atoms with van der Waals surface area (Å²) in [5, 5.41) is 2.99. The minimum Gasteiger partial charge on any atom is -0.489 e. The maximum atomic E-state index is 6.69. The van der Waals surface area contributed by atoms with Gasteiger partial charge in [0, 0.05) is 5.69 Å². The van der Waals surface area contributed by atoms with Crippen molar-refractivity contribution in [3.8, 4) is 5.75 Å². The van der Waals surface area contributed by atoms with Crippen molar-refractivity contribution in [3.63, 3.8) is 0 Å². The van der Waals surface area contributed by atoms with Gasteiger partial charge >= 0.3 is 0 Å². The van der Waals surface area contributed by atoms with Crippen LogP contribution in [0.5, 0.6) is 5.75 Å². The molecule has 0 fully saturated rings. The third-order valence-corrected chi connectivity index (χ3v) is 2.46. The molecule has 3 heteroatoms. The van der Waals surface area contributed by atoms with Gasteiger partial charge in [0.05, 0.1) is 0 Å². The molecule has 0 spiro atoms. The zero-order valence-corrected chi connectivity index (χ0v) is 9.97. The highest BCUT2D eigenvalue weighted by molar-refractivity contribution is 5.46. The Morgan fingerprint density at radius 3 is 2.39 bits per heavy atom. The summed E-state index contributed by atoms with van der Waals surface area (Å²) < 4.78 is 5.66. The molecular weight excluding hydrogens is 224 g/mol. The maximum Gasteiger partial charge on any atom is 0.287 e. The molecule has 0 saturated carbocycles. The topological polar surface area (TPSA) is 25.6 Å². The van der Waals surface area contributed by atoms with Gasteiger partial charge in [0.25, 0.3) is 6.67 Å². The lowest BCUT2D eigenvalue weighted by Crippen LogP contribution is -1.97. The SMILES string of the molecule is [C-]#[N+]CNc1ccc(OCc2ccccc2)cc1. The number of nitrogens with one attached hydrogen (secondary N) is 1. The summed E-state index contributed by atoms with van der Waals surface area (Å²) in [5.74, 6) is 0.826. The Hall–Kier alpha value is -2.47. The van der Waals surface area contributed by atoms with Crippen LogP contribution < -0.4 is 10.1 Å². The number of ether oxygens (including phenoxy) is 1. The van der Waals surface area contributed by atoms with Crippen LogP contribution in [0.25, 0.3) is 4.85 Å². The van der Waals surface area contributed by atoms with E-state index in [-0.39, 0.29) is 0 Å². The molecule has 0 radical (unpaired) electrons. The maximum absolute atomic E-state index is 6.69. The van der Waals surface area contributed by atoms with Crippen molar-refractivity contribution in [1.82, 2.24) is 0 Å². The van der Waals surface area contributed by atoms with Crippen LogP contribution in [0, 0.1) is 6.57 Å². The van der Waals surface area contributed by atoms with Crippen molar-refractivity contribution in [3.05, 3.63) is 71.6 Å². The first kappa shape index (κ1) is 12.0. The van der Waals surface area contributed by atoms with Gasteiger partial charge in [-0.3, -0.25) is 4.85 Å². The molecule has 0 aromatic heterocycles. The van der Waals surface area contributed by atoms with Gasteiger partial charge in [-0.15, -0.1) is 0 Å². The third-order valence-electron chi connectivity index (χ3n) is 2.46. The third kappa shape index (κ3) is 3.53. The number of hydrogen-bond acceptors (Lipinski definition) is 2. The average molecular weight is 238 g/mol. The summed E-state index contributed by atoms with van der Waals surface area (Å²) >= 11 is 0. The number of nitrogens with zero attached hydrogens (tertiary/aromatic N) is 1. The van der Waals surface area contributed by atoms with E-state index in [4.69, 9.17) is 11.3 Å². The second-order valence-electron chi connectivity index (χ2n) is 3.79. The molecule has 0 aliphatic rings. The second kappa shape index (κ2) is 6.31. The van der Waals surface area contributed by atoms with Crippen molar-refractivity contribution in [2.24, 2.45) is 0 Å². The number of rotatable bonds is 5. The Morgan fingerprint density at radius 2 is 1.72 bits per heavy atom. The van der Waals surface area contributed by atoms with E-state index in [1.807, 2.05) is 54.6 Å². The van der Waals surface area contributed by atoms with Crippen LogP contribution in [0.1, 0.15) is 5.56 Å². The minimum absolute atomic E-state index is 0.296. The number of benzene rings is 2. The fourth-order valence-electron chi connectivity index (χ4n) is 1.54. The number of anilines is 1. The molecule has 0 bridgehead atoms. The summed E-state index contributed by atoms with van der Waals surface area (Å²) in [6, 6.07) is 17.7. The molecule has 3 nitrogen and oxygen atoms in total. The van der Waals surface area contributed by atoms with Crippen LogP contribution in [-0.4, -0.2) is 6.67 Å². The fraction of sp³-hybridized carbons (Fsp3) is 0.133. The van der Waals surface area contributed by atoms with Crippen LogP contribution in [0.15, 0.2) is 54.6 Å². The van der Waals surface area contributed by atoms with Crippen LogP contribution in [0.2, 0.25) is 0 Å². The zero-order valence-electron chi connectivity index (χ0n) is 9.97. The van der Waals surface area contributed by atoms with Gasteiger partial charge in [-0.25, -0.2) is 6.57 Å². The van der Waals surface area contributed by atoms with Crippen LogP contribution in [-0.2, 0) is 6.61 Å². The van der Waals surface area contributed by atoms with Crippen molar-refractivity contribution in [1.29, 1.82) is 0 Å². The van der Waals surface area contributed by atoms with E-state index in [2.05, 4.69) is 10.2 Å². The van der Waals surface area contributed by atoms with Crippen molar-refractivity contribution < 1.29 is 4.74 Å². The number of hydrogen-bond donors (Lipinski definition) is 1. The second-order valence-corrected chi connectivity index (χ2v) is 3.79. The summed E-state index contributed by atoms with van der Waals surface area (Å²) in [6.07, 6.45) is 0. The predicted molar refractivity (Wildman–Crippen MR) is 72.3 cm³/mol. The Balaban J connectivity index is 1.89. The Bertz CT molecular complexity index is 514. The quantitative estimate of drug-likeness (QED) is 0.806. The van der Waals surface area contributed by atoms with E-state index in [0.29, 0.717) is 13.3 Å². The smallest absolute Gasteiger partial charge is 0.287 e. The molecule has 0 amide bonds. The highest BCUT2D eigenvalue weighted by Crippen LogP contribution is 2.16. The Labute approximate surface area is 107 Å². The minimum atomic E-state index is 0.296. The molecule has 1 N–H and O–H groups in total. The summed E-state index contributed by atoms with van der Waals surface area (Å²) in [6.45, 7) is 7.55. The lowest BCUT2D eigenvalue weighted by atomic mass is 10.2. The van der Waals surface area contributed by atoms with Gasteiger partial charge in [-0.2, -0.15) is 0 Å². The van der Waals surface area contributed by atoms with Gasteiger partial charge in [0.2, 0.25) is 0 Å². The van der Waals surface area contributed by atoms with Crippen LogP contribution >= 0.6 is 0 Å². The highest BCUT2D eigenvalue weighted by atomic mass is 16.5. The standard InChI is InChI=1S/C15H14N2O/c1-16-12-17-14-7-9-15(10-8-14)18-11-13-5-3-2-4-6-13/h2-10,17H,11-12H2. The first-order chi connectivity index (χ1) is 8.88. The van der Waals surface area contributed by atoms with Gasteiger partial charge in [0.15, 0.2) is 0 Å². The Kier molecular flexibility index (Phi) is 4.21. The van der Waals surface area contributed by atoms with Crippen LogP contribution in [0.4, 0.5) is 5.69 Å². The molecule has 0 saturated heterocycles. The summed E-state index contributed by atoms with van der Waals surface area (Å²) in [5.41, 5.74) is 2.07. The van der Waals surface area contributed by atoms with E-state index >= 15 is 0 Å². The van der Waals surface area contributed by atoms with E-state index in [0.717, 1.165) is 17.0 Å². The van der Waals surface area contributed by atoms with Gasteiger partial charge in [-0.05, 0) is 29.8 Å². The van der Waals surface area contributed by atoms with Crippen molar-refractivity contribution in [2.75, 3.05) is 12.0 Å². The zero-order chi connectivity index (χ0) is 12.6. The fourth-order valence-corrected chi connectivity index (χ4v) is 1.54. The highest BCUT2D eigenvalue weighted by Gasteiger charge is 1.96. The van der Waals surface area contributed by atoms with Gasteiger partial charge in [0.1, 0.15) is 12.4 Å². The lowest BCUT2D eigenvalue weighted by molar-refractivity contribution is 0.306. The molecule has 0 atom stereocenters. The Morgan fingerprint density at radius 1 is 1.00 bits per heavy atom. The van der Waals surface area contributed by atoms with E-state index < -0.39 is 0 Å². The molecule has 2 aromatic rings. The largest absolute Gasteiger partial charge is 0.489 e. The molecule has 0 aliphatic carbocycles. The van der Waals surface area contributed by atoms with Crippen molar-refractivity contribution in [2.45, 2.75) is 6.61 Å². The predicted octanol–water partition coefficient (Wildman–Crippen LogP) is 3.55. The van der Waals surface area contributed by atoms with E-state index in [9.17, 15) is 0 Å². The molecular formula is C15H14N2O. The summed E-state index contributed by atoms with van der Waals surface area (Å²) in [4.78, 5) is 3.24. The molecule has 2 aromatic carbocycles. The monoisotopic (exact) mass is 238 g/mol. The van der Waals surface area contributed by atoms with Gasteiger partial charge in [-0.1, -0.05) is 30.3 Å². The van der Waals surface area contributed by atoms with E-state index in [1.165, 1.54) is 0 Å². The molecule has 0 unspecified atom stereocenters. The van der Waals surface area contributed by atoms with E-state index in [1.54, 1.807) is 0 Å².